The van der Waals surface area contributed by atoms with E-state index in [1.807, 2.05) is 0 Å². The predicted molar refractivity (Wildman–Crippen MR) is 27.1 cm³/mol. The fourth-order valence-electron chi connectivity index (χ4n) is 0.246. The average Bonchev–Trinajstić information content (AvgIpc) is 1.66. The molecule has 0 aliphatic rings. The molecule has 8 heavy (non-hydrogen) atoms. The Kier molecular flexibility index (Phi) is 3.56. The van der Waals surface area contributed by atoms with Crippen molar-refractivity contribution in [2.45, 2.75) is 12.8 Å². The number of rotatable bonds is 3. The van der Waals surface area contributed by atoms with Crippen molar-refractivity contribution in [1.82, 2.24) is 0 Å². The smallest absolute Gasteiger partial charge is 0.303 e. The maximum Gasteiger partial charge on any atom is 0.303 e. The van der Waals surface area contributed by atoms with Gasteiger partial charge in [-0.05, 0) is 6.42 Å². The fraction of sp³-hybridized carbons (Fsp3) is 0.500. The van der Waals surface area contributed by atoms with E-state index in [4.69, 9.17) is 10.3 Å². The topological polar surface area (TPSA) is 69.9 Å². The summed E-state index contributed by atoms with van der Waals surface area (Å²) in [6.45, 7) is 0. The highest BCUT2D eigenvalue weighted by molar-refractivity contribution is 5.71. The number of carbonyl (C=O) groups is 1. The second kappa shape index (κ2) is 4.11. The highest BCUT2D eigenvalue weighted by Gasteiger charge is 1.91. The Bertz CT molecular complexity index is 99.5. The number of nitrogens with zero attached hydrogens (tertiary/aromatic N) is 1. The maximum atomic E-state index is 9.73. The SMILES string of the molecule is O=C(O)CCC=NO. The van der Waals surface area contributed by atoms with E-state index in [1.54, 1.807) is 0 Å². The Morgan fingerprint density at radius 1 is 1.75 bits per heavy atom. The highest BCUT2D eigenvalue weighted by atomic mass is 16.4. The largest absolute Gasteiger partial charge is 0.481 e. The maximum absolute atomic E-state index is 9.73. The minimum atomic E-state index is -0.884. The zero-order valence-corrected chi connectivity index (χ0v) is 4.24. The van der Waals surface area contributed by atoms with Crippen molar-refractivity contribution in [1.29, 1.82) is 0 Å². The molecule has 4 heteroatoms. The van der Waals surface area contributed by atoms with Gasteiger partial charge < -0.3 is 10.3 Å². The molecule has 0 aromatic rings. The first-order valence-electron chi connectivity index (χ1n) is 2.15. The molecule has 0 amide bonds. The van der Waals surface area contributed by atoms with E-state index < -0.39 is 5.97 Å². The first-order chi connectivity index (χ1) is 3.77. The van der Waals surface area contributed by atoms with Crippen molar-refractivity contribution in [3.8, 4) is 0 Å². The lowest BCUT2D eigenvalue weighted by Crippen LogP contribution is -1.93. The second-order valence-electron chi connectivity index (χ2n) is 1.23. The van der Waals surface area contributed by atoms with Crippen molar-refractivity contribution in [3.63, 3.8) is 0 Å². The van der Waals surface area contributed by atoms with Gasteiger partial charge in [-0.2, -0.15) is 0 Å². The van der Waals surface area contributed by atoms with Gasteiger partial charge in [-0.3, -0.25) is 4.79 Å². The molecule has 0 atom stereocenters. The third-order valence-corrected chi connectivity index (χ3v) is 0.569. The molecule has 46 valence electrons. The Morgan fingerprint density at radius 3 is 2.75 bits per heavy atom. The summed E-state index contributed by atoms with van der Waals surface area (Å²) in [4.78, 5) is 9.73. The molecule has 0 aromatic heterocycles. The number of aliphatic carboxylic acids is 1. The van der Waals surface area contributed by atoms with E-state index in [1.165, 1.54) is 0 Å². The van der Waals surface area contributed by atoms with Crippen LogP contribution in [0.5, 0.6) is 0 Å². The number of oxime groups is 1. The molecule has 0 unspecified atom stereocenters. The van der Waals surface area contributed by atoms with Gasteiger partial charge in [-0.25, -0.2) is 0 Å². The van der Waals surface area contributed by atoms with E-state index in [-0.39, 0.29) is 12.8 Å². The van der Waals surface area contributed by atoms with Gasteiger partial charge in [-0.15, -0.1) is 5.16 Å². The molecule has 0 bridgehead atoms. The standard InChI is InChI=1S/C4H7NO3/c6-4(7)2-1-3-5-8/h3,8H,1-2H2,(H,6,7). The number of carboxylic acids is 1. The first kappa shape index (κ1) is 6.94. The van der Waals surface area contributed by atoms with Crippen molar-refractivity contribution >= 4 is 12.2 Å². The average molecular weight is 117 g/mol. The fourth-order valence-corrected chi connectivity index (χ4v) is 0.246. The van der Waals surface area contributed by atoms with Crippen LogP contribution in [0.2, 0.25) is 0 Å². The number of hydrogen-bond donors (Lipinski definition) is 2. The molecule has 4 nitrogen and oxygen atoms in total. The third kappa shape index (κ3) is 4.94. The van der Waals surface area contributed by atoms with Gasteiger partial charge in [0.2, 0.25) is 0 Å². The van der Waals surface area contributed by atoms with Crippen LogP contribution in [0.25, 0.3) is 0 Å². The van der Waals surface area contributed by atoms with Gasteiger partial charge in [0.1, 0.15) is 0 Å². The molecular weight excluding hydrogens is 110 g/mol. The second-order valence-corrected chi connectivity index (χ2v) is 1.23. The molecule has 0 saturated heterocycles. The van der Waals surface area contributed by atoms with Crippen LogP contribution in [0.15, 0.2) is 5.16 Å². The minimum absolute atomic E-state index is 0.0179. The van der Waals surface area contributed by atoms with Gasteiger partial charge in [0, 0.05) is 6.21 Å². The van der Waals surface area contributed by atoms with Crippen LogP contribution >= 0.6 is 0 Å². The lowest BCUT2D eigenvalue weighted by atomic mass is 10.3. The highest BCUT2D eigenvalue weighted by Crippen LogP contribution is 1.82. The zero-order chi connectivity index (χ0) is 6.41. The molecule has 0 rings (SSSR count). The van der Waals surface area contributed by atoms with Gasteiger partial charge in [0.05, 0.1) is 6.42 Å². The monoisotopic (exact) mass is 117 g/mol. The molecule has 0 aliphatic heterocycles. The van der Waals surface area contributed by atoms with E-state index in [0.29, 0.717) is 0 Å². The summed E-state index contributed by atoms with van der Waals surface area (Å²) in [6, 6.07) is 0. The third-order valence-electron chi connectivity index (χ3n) is 0.569. The summed E-state index contributed by atoms with van der Waals surface area (Å²) in [5, 5.41) is 18.4. The number of carboxylic acid groups (broad SMARTS) is 1. The van der Waals surface area contributed by atoms with Gasteiger partial charge in [0.15, 0.2) is 0 Å². The molecule has 0 spiro atoms. The minimum Gasteiger partial charge on any atom is -0.481 e. The van der Waals surface area contributed by atoms with E-state index in [2.05, 4.69) is 5.16 Å². The van der Waals surface area contributed by atoms with Gasteiger partial charge in [0.25, 0.3) is 0 Å². The molecular formula is C4H7NO3. The predicted octanol–water partition coefficient (Wildman–Crippen LogP) is 0.311. The zero-order valence-electron chi connectivity index (χ0n) is 4.24. The summed E-state index contributed by atoms with van der Waals surface area (Å²) in [5.74, 6) is -0.884. The molecule has 0 aromatic carbocycles. The Labute approximate surface area is 46.4 Å². The van der Waals surface area contributed by atoms with Crippen molar-refractivity contribution in [3.05, 3.63) is 0 Å². The quantitative estimate of drug-likeness (QED) is 0.317. The molecule has 0 fully saturated rings. The lowest BCUT2D eigenvalue weighted by Gasteiger charge is -1.82. The van der Waals surface area contributed by atoms with Crippen LogP contribution in [0.1, 0.15) is 12.8 Å². The van der Waals surface area contributed by atoms with Crippen molar-refractivity contribution < 1.29 is 15.1 Å². The molecule has 0 radical (unpaired) electrons. The Balaban J connectivity index is 3.05. The van der Waals surface area contributed by atoms with Crippen LogP contribution in [-0.2, 0) is 4.79 Å². The van der Waals surface area contributed by atoms with Crippen LogP contribution in [0.3, 0.4) is 0 Å². The Hall–Kier alpha value is -1.06. The van der Waals surface area contributed by atoms with Crippen LogP contribution in [0, 0.1) is 0 Å². The normalized spacial score (nSPS) is 10.0. The van der Waals surface area contributed by atoms with Crippen molar-refractivity contribution in [2.75, 3.05) is 0 Å². The van der Waals surface area contributed by atoms with E-state index in [9.17, 15) is 4.79 Å². The van der Waals surface area contributed by atoms with Gasteiger partial charge >= 0.3 is 5.97 Å². The summed E-state index contributed by atoms with van der Waals surface area (Å²) >= 11 is 0. The molecule has 0 aliphatic carbocycles. The van der Waals surface area contributed by atoms with Crippen LogP contribution in [0.4, 0.5) is 0 Å². The summed E-state index contributed by atoms with van der Waals surface area (Å²) in [7, 11) is 0. The molecule has 0 heterocycles. The summed E-state index contributed by atoms with van der Waals surface area (Å²) < 4.78 is 0. The van der Waals surface area contributed by atoms with E-state index >= 15 is 0 Å². The van der Waals surface area contributed by atoms with E-state index in [0.717, 1.165) is 6.21 Å². The van der Waals surface area contributed by atoms with Gasteiger partial charge in [-0.1, -0.05) is 0 Å². The lowest BCUT2D eigenvalue weighted by molar-refractivity contribution is -0.136. The number of hydrogen-bond acceptors (Lipinski definition) is 3. The van der Waals surface area contributed by atoms with Crippen LogP contribution < -0.4 is 0 Å². The summed E-state index contributed by atoms with van der Waals surface area (Å²) in [6.07, 6.45) is 1.45. The summed E-state index contributed by atoms with van der Waals surface area (Å²) in [5.41, 5.74) is 0. The molecule has 0 saturated carbocycles. The first-order valence-corrected chi connectivity index (χ1v) is 2.15. The van der Waals surface area contributed by atoms with Crippen molar-refractivity contribution in [2.24, 2.45) is 5.16 Å². The van der Waals surface area contributed by atoms with Crippen LogP contribution in [-0.4, -0.2) is 22.5 Å². The Morgan fingerprint density at radius 2 is 2.38 bits per heavy atom. The molecule has 2 N–H and O–H groups in total.